The molecular weight excluding hydrogens is 328 g/mol. The number of aromatic nitrogens is 1. The lowest BCUT2D eigenvalue weighted by atomic mass is 10.1. The number of carbonyl (C=O) groups is 1. The summed E-state index contributed by atoms with van der Waals surface area (Å²) in [6.07, 6.45) is 0. The van der Waals surface area contributed by atoms with Gasteiger partial charge in [0, 0.05) is 5.56 Å². The number of nitrogens with one attached hydrogen (secondary N) is 1. The SMILES string of the molecule is CCOc1cccc(C(C)NC(=O)c2nc(-c3ccccc3)oc2C)c1. The minimum atomic E-state index is -0.261. The fraction of sp³-hybridized carbons (Fsp3) is 0.238. The molecule has 1 heterocycles. The molecule has 3 aromatic rings. The van der Waals surface area contributed by atoms with Crippen molar-refractivity contribution in [2.45, 2.75) is 26.8 Å². The van der Waals surface area contributed by atoms with E-state index >= 15 is 0 Å². The van der Waals surface area contributed by atoms with Gasteiger partial charge in [0.1, 0.15) is 11.5 Å². The summed E-state index contributed by atoms with van der Waals surface area (Å²) in [5.41, 5.74) is 2.11. The molecule has 1 amide bonds. The molecule has 0 aliphatic rings. The van der Waals surface area contributed by atoms with Crippen molar-refractivity contribution in [1.29, 1.82) is 0 Å². The van der Waals surface area contributed by atoms with E-state index in [1.54, 1.807) is 6.92 Å². The quantitative estimate of drug-likeness (QED) is 0.709. The normalized spacial score (nSPS) is 11.8. The molecule has 2 aromatic carbocycles. The lowest BCUT2D eigenvalue weighted by Crippen LogP contribution is -2.27. The van der Waals surface area contributed by atoms with Crippen molar-refractivity contribution in [3.63, 3.8) is 0 Å². The minimum absolute atomic E-state index is 0.181. The van der Waals surface area contributed by atoms with E-state index in [1.807, 2.05) is 68.4 Å². The Kier molecular flexibility index (Phi) is 5.37. The van der Waals surface area contributed by atoms with E-state index in [1.165, 1.54) is 0 Å². The van der Waals surface area contributed by atoms with Crippen molar-refractivity contribution in [3.8, 4) is 17.2 Å². The molecule has 0 saturated heterocycles. The first kappa shape index (κ1) is 17.7. The lowest BCUT2D eigenvalue weighted by Gasteiger charge is -2.14. The summed E-state index contributed by atoms with van der Waals surface area (Å²) in [6, 6.07) is 17.0. The molecule has 0 spiro atoms. The number of rotatable bonds is 6. The number of hydrogen-bond donors (Lipinski definition) is 1. The zero-order valence-electron chi connectivity index (χ0n) is 15.2. The Hall–Kier alpha value is -3.08. The molecular formula is C21H22N2O3. The van der Waals surface area contributed by atoms with Gasteiger partial charge in [-0.3, -0.25) is 4.79 Å². The van der Waals surface area contributed by atoms with Crippen LogP contribution in [0, 0.1) is 6.92 Å². The molecule has 0 saturated carbocycles. The van der Waals surface area contributed by atoms with Crippen molar-refractivity contribution in [2.75, 3.05) is 6.61 Å². The molecule has 0 aliphatic heterocycles. The molecule has 134 valence electrons. The van der Waals surface area contributed by atoms with Crippen LogP contribution >= 0.6 is 0 Å². The van der Waals surface area contributed by atoms with Gasteiger partial charge in [-0.25, -0.2) is 4.98 Å². The average molecular weight is 350 g/mol. The minimum Gasteiger partial charge on any atom is -0.494 e. The molecule has 1 aromatic heterocycles. The maximum atomic E-state index is 12.6. The highest BCUT2D eigenvalue weighted by atomic mass is 16.5. The topological polar surface area (TPSA) is 64.4 Å². The van der Waals surface area contributed by atoms with E-state index in [0.29, 0.717) is 24.0 Å². The van der Waals surface area contributed by atoms with E-state index in [-0.39, 0.29) is 11.9 Å². The molecule has 0 radical (unpaired) electrons. The predicted octanol–water partition coefficient (Wildman–Crippen LogP) is 4.54. The molecule has 0 aliphatic carbocycles. The van der Waals surface area contributed by atoms with Crippen LogP contribution in [0.1, 0.15) is 41.7 Å². The van der Waals surface area contributed by atoms with Crippen molar-refractivity contribution in [3.05, 3.63) is 71.6 Å². The number of amides is 1. The van der Waals surface area contributed by atoms with E-state index in [2.05, 4.69) is 10.3 Å². The van der Waals surface area contributed by atoms with Crippen LogP contribution in [0.25, 0.3) is 11.5 Å². The number of nitrogens with zero attached hydrogens (tertiary/aromatic N) is 1. The summed E-state index contributed by atoms with van der Waals surface area (Å²) in [6.45, 7) is 6.21. The second-order valence-electron chi connectivity index (χ2n) is 5.99. The maximum absolute atomic E-state index is 12.6. The standard InChI is InChI=1S/C21H22N2O3/c1-4-25-18-12-8-11-17(13-18)14(2)22-20(24)19-15(3)26-21(23-19)16-9-6-5-7-10-16/h5-14H,4H2,1-3H3,(H,22,24). The van der Waals surface area contributed by atoms with E-state index < -0.39 is 0 Å². The summed E-state index contributed by atoms with van der Waals surface area (Å²) in [4.78, 5) is 17.0. The summed E-state index contributed by atoms with van der Waals surface area (Å²) >= 11 is 0. The third-order valence-electron chi connectivity index (χ3n) is 4.05. The van der Waals surface area contributed by atoms with Crippen molar-refractivity contribution < 1.29 is 13.9 Å². The summed E-state index contributed by atoms with van der Waals surface area (Å²) in [7, 11) is 0. The van der Waals surface area contributed by atoms with Crippen LogP contribution in [0.15, 0.2) is 59.0 Å². The number of carbonyl (C=O) groups excluding carboxylic acids is 1. The van der Waals surface area contributed by atoms with Gasteiger partial charge in [0.2, 0.25) is 5.89 Å². The average Bonchev–Trinajstić information content (AvgIpc) is 3.05. The van der Waals surface area contributed by atoms with Crippen molar-refractivity contribution in [1.82, 2.24) is 10.3 Å². The molecule has 3 rings (SSSR count). The molecule has 0 bridgehead atoms. The van der Waals surface area contributed by atoms with Gasteiger partial charge in [0.15, 0.2) is 5.69 Å². The van der Waals surface area contributed by atoms with Gasteiger partial charge in [-0.2, -0.15) is 0 Å². The van der Waals surface area contributed by atoms with Gasteiger partial charge in [0.25, 0.3) is 5.91 Å². The van der Waals surface area contributed by atoms with Gasteiger partial charge in [-0.15, -0.1) is 0 Å². The number of ether oxygens (including phenoxy) is 1. The number of benzene rings is 2. The molecule has 0 fully saturated rings. The molecule has 1 unspecified atom stereocenters. The first-order chi connectivity index (χ1) is 12.6. The maximum Gasteiger partial charge on any atom is 0.274 e. The third-order valence-corrected chi connectivity index (χ3v) is 4.05. The Morgan fingerprint density at radius 2 is 1.96 bits per heavy atom. The second-order valence-corrected chi connectivity index (χ2v) is 5.99. The number of aryl methyl sites for hydroxylation is 1. The number of hydrogen-bond acceptors (Lipinski definition) is 4. The smallest absolute Gasteiger partial charge is 0.274 e. The summed E-state index contributed by atoms with van der Waals surface area (Å²) in [5, 5.41) is 2.97. The highest BCUT2D eigenvalue weighted by Crippen LogP contribution is 2.23. The first-order valence-corrected chi connectivity index (χ1v) is 8.65. The van der Waals surface area contributed by atoms with Crippen molar-refractivity contribution in [2.24, 2.45) is 0 Å². The molecule has 5 nitrogen and oxygen atoms in total. The fourth-order valence-electron chi connectivity index (χ4n) is 2.70. The van der Waals surface area contributed by atoms with Crippen LogP contribution in [0.3, 0.4) is 0 Å². The highest BCUT2D eigenvalue weighted by Gasteiger charge is 2.20. The van der Waals surface area contributed by atoms with Gasteiger partial charge in [-0.05, 0) is 50.6 Å². The molecule has 1 atom stereocenters. The molecule has 5 heteroatoms. The zero-order chi connectivity index (χ0) is 18.5. The number of oxazole rings is 1. The Bertz CT molecular complexity index is 887. The first-order valence-electron chi connectivity index (χ1n) is 8.65. The van der Waals surface area contributed by atoms with Gasteiger partial charge in [0.05, 0.1) is 12.6 Å². The Labute approximate surface area is 153 Å². The van der Waals surface area contributed by atoms with Crippen LogP contribution in [-0.4, -0.2) is 17.5 Å². The Morgan fingerprint density at radius 1 is 1.19 bits per heavy atom. The molecule has 1 N–H and O–H groups in total. The largest absolute Gasteiger partial charge is 0.494 e. The van der Waals surface area contributed by atoms with Crippen LogP contribution in [-0.2, 0) is 0 Å². The van der Waals surface area contributed by atoms with E-state index in [0.717, 1.165) is 16.9 Å². The Balaban J connectivity index is 1.76. The zero-order valence-corrected chi connectivity index (χ0v) is 15.2. The monoisotopic (exact) mass is 350 g/mol. The molecule has 26 heavy (non-hydrogen) atoms. The van der Waals surface area contributed by atoms with Crippen LogP contribution in [0.2, 0.25) is 0 Å². The Morgan fingerprint density at radius 3 is 2.69 bits per heavy atom. The lowest BCUT2D eigenvalue weighted by molar-refractivity contribution is 0.0934. The van der Waals surface area contributed by atoms with Crippen LogP contribution in [0.4, 0.5) is 0 Å². The summed E-state index contributed by atoms with van der Waals surface area (Å²) < 4.78 is 11.2. The fourth-order valence-corrected chi connectivity index (χ4v) is 2.70. The van der Waals surface area contributed by atoms with Crippen molar-refractivity contribution >= 4 is 5.91 Å². The van der Waals surface area contributed by atoms with E-state index in [9.17, 15) is 4.79 Å². The second kappa shape index (κ2) is 7.87. The third kappa shape index (κ3) is 3.94. The summed E-state index contributed by atoms with van der Waals surface area (Å²) in [5.74, 6) is 1.47. The van der Waals surface area contributed by atoms with Crippen LogP contribution < -0.4 is 10.1 Å². The van der Waals surface area contributed by atoms with Gasteiger partial charge < -0.3 is 14.5 Å². The highest BCUT2D eigenvalue weighted by molar-refractivity contribution is 5.94. The van der Waals surface area contributed by atoms with Gasteiger partial charge in [-0.1, -0.05) is 30.3 Å². The van der Waals surface area contributed by atoms with Gasteiger partial charge >= 0.3 is 0 Å². The van der Waals surface area contributed by atoms with E-state index in [4.69, 9.17) is 9.15 Å². The van der Waals surface area contributed by atoms with Crippen LogP contribution in [0.5, 0.6) is 5.75 Å². The predicted molar refractivity (Wildman–Crippen MR) is 100 cm³/mol.